The maximum absolute atomic E-state index is 13.4. The third kappa shape index (κ3) is 2.95. The summed E-state index contributed by atoms with van der Waals surface area (Å²) in [7, 11) is 0. The van der Waals surface area contributed by atoms with Crippen LogP contribution in [0.25, 0.3) is 11.0 Å². The Kier molecular flexibility index (Phi) is 3.77. The molecule has 2 N–H and O–H groups in total. The van der Waals surface area contributed by atoms with E-state index >= 15 is 0 Å². The average Bonchev–Trinajstić information content (AvgIpc) is 3.16. The third-order valence-corrected chi connectivity index (χ3v) is 4.79. The lowest BCUT2D eigenvalue weighted by Crippen LogP contribution is -2.21. The molecule has 0 radical (unpaired) electrons. The molecule has 3 heterocycles. The van der Waals surface area contributed by atoms with Crippen molar-refractivity contribution in [2.45, 2.75) is 44.0 Å². The SMILES string of the molecule is OC1CCC(Nc2ccnc3ccc(N4CCC(F)C4)nc23)C1. The van der Waals surface area contributed by atoms with Gasteiger partial charge in [-0.05, 0) is 43.9 Å². The predicted molar refractivity (Wildman–Crippen MR) is 88.5 cm³/mol. The van der Waals surface area contributed by atoms with Gasteiger partial charge in [0.05, 0.1) is 23.9 Å². The Bertz CT molecular complexity index is 710. The van der Waals surface area contributed by atoms with Gasteiger partial charge in [-0.3, -0.25) is 4.98 Å². The summed E-state index contributed by atoms with van der Waals surface area (Å²) in [5.41, 5.74) is 2.58. The second-order valence-electron chi connectivity index (χ2n) is 6.54. The average molecular weight is 316 g/mol. The number of fused-ring (bicyclic) bond motifs is 1. The van der Waals surface area contributed by atoms with Gasteiger partial charge in [0.15, 0.2) is 0 Å². The molecule has 5 nitrogen and oxygen atoms in total. The zero-order valence-corrected chi connectivity index (χ0v) is 13.0. The molecule has 122 valence electrons. The minimum absolute atomic E-state index is 0.213. The fraction of sp³-hybridized carbons (Fsp3) is 0.529. The molecule has 3 unspecified atom stereocenters. The number of aliphatic hydroxyl groups excluding tert-OH is 1. The molecule has 2 aliphatic rings. The number of halogens is 1. The van der Waals surface area contributed by atoms with Crippen molar-refractivity contribution in [2.24, 2.45) is 0 Å². The lowest BCUT2D eigenvalue weighted by molar-refractivity contribution is 0.182. The number of hydrogen-bond donors (Lipinski definition) is 2. The fourth-order valence-corrected chi connectivity index (χ4v) is 3.54. The van der Waals surface area contributed by atoms with Crippen LogP contribution < -0.4 is 10.2 Å². The Balaban J connectivity index is 1.64. The van der Waals surface area contributed by atoms with Gasteiger partial charge in [-0.15, -0.1) is 0 Å². The van der Waals surface area contributed by atoms with Crippen LogP contribution >= 0.6 is 0 Å². The summed E-state index contributed by atoms with van der Waals surface area (Å²) in [4.78, 5) is 11.1. The fourth-order valence-electron chi connectivity index (χ4n) is 3.54. The smallest absolute Gasteiger partial charge is 0.129 e. The lowest BCUT2D eigenvalue weighted by Gasteiger charge is -2.19. The molecule has 1 aliphatic heterocycles. The summed E-state index contributed by atoms with van der Waals surface area (Å²) < 4.78 is 13.4. The maximum atomic E-state index is 13.4. The summed E-state index contributed by atoms with van der Waals surface area (Å²) in [6, 6.07) is 6.04. The number of aliphatic hydroxyl groups is 1. The van der Waals surface area contributed by atoms with Gasteiger partial charge < -0.3 is 15.3 Å². The monoisotopic (exact) mass is 316 g/mol. The largest absolute Gasteiger partial charge is 0.393 e. The number of rotatable bonds is 3. The van der Waals surface area contributed by atoms with Gasteiger partial charge in [-0.1, -0.05) is 0 Å². The summed E-state index contributed by atoms with van der Waals surface area (Å²) in [5, 5.41) is 13.2. The first kappa shape index (κ1) is 14.6. The second kappa shape index (κ2) is 5.92. The van der Waals surface area contributed by atoms with Gasteiger partial charge in [0.2, 0.25) is 0 Å². The molecule has 2 fully saturated rings. The summed E-state index contributed by atoms with van der Waals surface area (Å²) in [6.07, 6.45) is 3.92. The molecule has 2 aromatic heterocycles. The summed E-state index contributed by atoms with van der Waals surface area (Å²) in [6.45, 7) is 1.12. The van der Waals surface area contributed by atoms with Gasteiger partial charge in [0, 0.05) is 18.8 Å². The second-order valence-corrected chi connectivity index (χ2v) is 6.54. The Morgan fingerprint density at radius 3 is 2.87 bits per heavy atom. The molecule has 0 bridgehead atoms. The number of anilines is 2. The Hall–Kier alpha value is -1.95. The number of alkyl halides is 1. The summed E-state index contributed by atoms with van der Waals surface area (Å²) >= 11 is 0. The van der Waals surface area contributed by atoms with E-state index in [0.29, 0.717) is 19.5 Å². The molecule has 4 rings (SSSR count). The van der Waals surface area contributed by atoms with E-state index in [4.69, 9.17) is 4.98 Å². The molecule has 3 atom stereocenters. The van der Waals surface area contributed by atoms with E-state index in [9.17, 15) is 9.50 Å². The van der Waals surface area contributed by atoms with Crippen molar-refractivity contribution in [3.05, 3.63) is 24.4 Å². The molecule has 1 saturated carbocycles. The van der Waals surface area contributed by atoms with E-state index in [1.165, 1.54) is 0 Å². The third-order valence-electron chi connectivity index (χ3n) is 4.79. The molecular formula is C17H21FN4O. The molecule has 0 amide bonds. The zero-order valence-electron chi connectivity index (χ0n) is 13.0. The van der Waals surface area contributed by atoms with Crippen LogP contribution in [0.2, 0.25) is 0 Å². The Morgan fingerprint density at radius 1 is 1.22 bits per heavy atom. The van der Waals surface area contributed by atoms with Gasteiger partial charge in [-0.25, -0.2) is 9.37 Å². The van der Waals surface area contributed by atoms with Crippen molar-refractivity contribution in [3.63, 3.8) is 0 Å². The molecule has 0 spiro atoms. The van der Waals surface area contributed by atoms with E-state index in [-0.39, 0.29) is 12.1 Å². The van der Waals surface area contributed by atoms with Crippen LogP contribution in [0, 0.1) is 0 Å². The van der Waals surface area contributed by atoms with Crippen LogP contribution in [0.4, 0.5) is 15.9 Å². The quantitative estimate of drug-likeness (QED) is 0.911. The van der Waals surface area contributed by atoms with E-state index in [1.807, 2.05) is 23.1 Å². The highest BCUT2D eigenvalue weighted by atomic mass is 19.1. The van der Waals surface area contributed by atoms with Gasteiger partial charge >= 0.3 is 0 Å². The molecule has 0 aromatic carbocycles. The van der Waals surface area contributed by atoms with Crippen LogP contribution in [0.3, 0.4) is 0 Å². The minimum Gasteiger partial charge on any atom is -0.393 e. The topological polar surface area (TPSA) is 61.3 Å². The lowest BCUT2D eigenvalue weighted by atomic mass is 10.2. The first-order valence-electron chi connectivity index (χ1n) is 8.28. The van der Waals surface area contributed by atoms with Gasteiger partial charge in [-0.2, -0.15) is 0 Å². The van der Waals surface area contributed by atoms with Gasteiger partial charge in [0.1, 0.15) is 17.5 Å². The first-order valence-corrected chi connectivity index (χ1v) is 8.28. The van der Waals surface area contributed by atoms with Crippen LogP contribution in [-0.4, -0.2) is 46.5 Å². The summed E-state index contributed by atoms with van der Waals surface area (Å²) in [5.74, 6) is 0.806. The standard InChI is InChI=1S/C17H21FN4O/c18-11-6-8-22(10-11)16-4-3-14-17(21-16)15(5-7-19-14)20-12-1-2-13(23)9-12/h3-5,7,11-13,23H,1-2,6,8-10H2,(H,19,20). The number of nitrogens with one attached hydrogen (secondary N) is 1. The van der Waals surface area contributed by atoms with Crippen LogP contribution in [0.1, 0.15) is 25.7 Å². The van der Waals surface area contributed by atoms with Crippen molar-refractivity contribution < 1.29 is 9.50 Å². The zero-order chi connectivity index (χ0) is 15.8. The van der Waals surface area contributed by atoms with Crippen molar-refractivity contribution in [2.75, 3.05) is 23.3 Å². The van der Waals surface area contributed by atoms with Crippen LogP contribution in [0.5, 0.6) is 0 Å². The molecule has 23 heavy (non-hydrogen) atoms. The normalized spacial score (nSPS) is 27.7. The molecule has 1 saturated heterocycles. The highest BCUT2D eigenvalue weighted by Crippen LogP contribution is 2.28. The van der Waals surface area contributed by atoms with Crippen molar-refractivity contribution in [1.29, 1.82) is 0 Å². The molecule has 2 aromatic rings. The van der Waals surface area contributed by atoms with Crippen LogP contribution in [-0.2, 0) is 0 Å². The number of hydrogen-bond acceptors (Lipinski definition) is 5. The molecule has 1 aliphatic carbocycles. The molecule has 6 heteroatoms. The highest BCUT2D eigenvalue weighted by molar-refractivity contribution is 5.88. The maximum Gasteiger partial charge on any atom is 0.129 e. The number of aromatic nitrogens is 2. The Labute approximate surface area is 134 Å². The highest BCUT2D eigenvalue weighted by Gasteiger charge is 2.25. The molecular weight excluding hydrogens is 295 g/mol. The Morgan fingerprint density at radius 2 is 2.13 bits per heavy atom. The van der Waals surface area contributed by atoms with Crippen molar-refractivity contribution in [1.82, 2.24) is 9.97 Å². The van der Waals surface area contributed by atoms with Gasteiger partial charge in [0.25, 0.3) is 0 Å². The minimum atomic E-state index is -0.765. The van der Waals surface area contributed by atoms with E-state index in [1.54, 1.807) is 6.20 Å². The van der Waals surface area contributed by atoms with E-state index in [0.717, 1.165) is 41.8 Å². The predicted octanol–water partition coefficient (Wildman–Crippen LogP) is 2.50. The van der Waals surface area contributed by atoms with Crippen LogP contribution in [0.15, 0.2) is 24.4 Å². The van der Waals surface area contributed by atoms with Crippen molar-refractivity contribution >= 4 is 22.5 Å². The first-order chi connectivity index (χ1) is 11.2. The van der Waals surface area contributed by atoms with E-state index < -0.39 is 6.17 Å². The van der Waals surface area contributed by atoms with Crippen molar-refractivity contribution in [3.8, 4) is 0 Å². The number of nitrogens with zero attached hydrogens (tertiary/aromatic N) is 3. The number of pyridine rings is 2. The van der Waals surface area contributed by atoms with E-state index in [2.05, 4.69) is 10.3 Å².